The Bertz CT molecular complexity index is 47.0. The molecule has 0 aromatic carbocycles. The first-order valence-electron chi connectivity index (χ1n) is 2.33. The molecule has 4 N–H and O–H groups in total. The Morgan fingerprint density at radius 2 is 2.00 bits per heavy atom. The molecule has 0 saturated carbocycles. The predicted octanol–water partition coefficient (Wildman–Crippen LogP) is -0.299. The fourth-order valence-corrected chi connectivity index (χ4v) is 0.118. The van der Waals surface area contributed by atoms with Gasteiger partial charge in [-0.2, -0.15) is 0 Å². The molecule has 0 aliphatic heterocycles. The second-order valence-electron chi connectivity index (χ2n) is 1.78. The normalized spacial score (nSPS) is 18.9. The average Bonchev–Trinajstić information content (AvgIpc) is 1.65. The number of hydroxylamine groups is 1. The number of nitrogens with one attached hydrogen (secondary N) is 1. The highest BCUT2D eigenvalue weighted by Crippen LogP contribution is 1.82. The molecule has 0 rings (SSSR count). The summed E-state index contributed by atoms with van der Waals surface area (Å²) in [4.78, 5) is 0. The van der Waals surface area contributed by atoms with Crippen molar-refractivity contribution < 1.29 is 5.21 Å². The van der Waals surface area contributed by atoms with Crippen LogP contribution in [0, 0.1) is 0 Å². The molecule has 2 atom stereocenters. The first kappa shape index (κ1) is 6.88. The van der Waals surface area contributed by atoms with E-state index in [-0.39, 0.29) is 12.1 Å². The third-order valence-corrected chi connectivity index (χ3v) is 0.992. The first-order chi connectivity index (χ1) is 3.18. The average molecular weight is 104 g/mol. The summed E-state index contributed by atoms with van der Waals surface area (Å²) in [5, 5.41) is 8.18. The third kappa shape index (κ3) is 2.56. The van der Waals surface area contributed by atoms with E-state index >= 15 is 0 Å². The van der Waals surface area contributed by atoms with Crippen LogP contribution in [0.5, 0.6) is 0 Å². The Hall–Kier alpha value is -0.120. The predicted molar refractivity (Wildman–Crippen MR) is 28.0 cm³/mol. The van der Waals surface area contributed by atoms with E-state index in [0.29, 0.717) is 0 Å². The van der Waals surface area contributed by atoms with Gasteiger partial charge in [0.05, 0.1) is 0 Å². The summed E-state index contributed by atoms with van der Waals surface area (Å²) in [5.74, 6) is 0. The molecule has 0 aliphatic carbocycles. The van der Waals surface area contributed by atoms with Gasteiger partial charge in [-0.15, -0.1) is 0 Å². The van der Waals surface area contributed by atoms with Gasteiger partial charge in [0.1, 0.15) is 0 Å². The van der Waals surface area contributed by atoms with Gasteiger partial charge in [-0.1, -0.05) is 0 Å². The molecule has 0 aromatic rings. The van der Waals surface area contributed by atoms with Crippen LogP contribution in [0.15, 0.2) is 0 Å². The smallest absolute Gasteiger partial charge is 0.0439 e. The second kappa shape index (κ2) is 2.96. The number of rotatable bonds is 2. The lowest BCUT2D eigenvalue weighted by Gasteiger charge is -2.11. The van der Waals surface area contributed by atoms with Crippen molar-refractivity contribution in [1.82, 2.24) is 5.48 Å². The third-order valence-electron chi connectivity index (χ3n) is 0.992. The molecular weight excluding hydrogens is 92.1 g/mol. The van der Waals surface area contributed by atoms with E-state index in [0.717, 1.165) is 0 Å². The maximum absolute atomic E-state index is 8.18. The minimum atomic E-state index is -0.0139. The van der Waals surface area contributed by atoms with Crippen molar-refractivity contribution in [2.75, 3.05) is 0 Å². The molecule has 0 bridgehead atoms. The fraction of sp³-hybridized carbons (Fsp3) is 1.00. The molecule has 0 radical (unpaired) electrons. The van der Waals surface area contributed by atoms with Gasteiger partial charge in [0.25, 0.3) is 0 Å². The molecular formula is C4H12N2O. The molecule has 3 nitrogen and oxygen atoms in total. The van der Waals surface area contributed by atoms with E-state index < -0.39 is 0 Å². The fourth-order valence-electron chi connectivity index (χ4n) is 0.118. The van der Waals surface area contributed by atoms with Crippen molar-refractivity contribution in [1.29, 1.82) is 0 Å². The summed E-state index contributed by atoms with van der Waals surface area (Å²) >= 11 is 0. The minimum Gasteiger partial charge on any atom is -0.326 e. The maximum atomic E-state index is 8.18. The molecule has 0 saturated heterocycles. The van der Waals surface area contributed by atoms with Crippen molar-refractivity contribution in [3.05, 3.63) is 0 Å². The Balaban J connectivity index is 3.14. The quantitative estimate of drug-likeness (QED) is 0.421. The maximum Gasteiger partial charge on any atom is 0.0439 e. The lowest BCUT2D eigenvalue weighted by Crippen LogP contribution is -2.38. The standard InChI is InChI=1S/C4H12N2O/c1-3(5)4(2)6-7/h3-4,6-7H,5H2,1-2H3. The van der Waals surface area contributed by atoms with Crippen LogP contribution >= 0.6 is 0 Å². The van der Waals surface area contributed by atoms with Gasteiger partial charge < -0.3 is 10.9 Å². The number of hydrogen-bond donors (Lipinski definition) is 3. The lowest BCUT2D eigenvalue weighted by atomic mass is 10.2. The Morgan fingerprint density at radius 3 is 2.00 bits per heavy atom. The van der Waals surface area contributed by atoms with E-state index in [2.05, 4.69) is 0 Å². The molecule has 0 spiro atoms. The monoisotopic (exact) mass is 104 g/mol. The zero-order valence-electron chi connectivity index (χ0n) is 4.68. The summed E-state index contributed by atoms with van der Waals surface area (Å²) in [7, 11) is 0. The molecule has 0 heterocycles. The Kier molecular flexibility index (Phi) is 2.91. The van der Waals surface area contributed by atoms with Crippen LogP contribution < -0.4 is 11.2 Å². The SMILES string of the molecule is CC(N)C(C)NO. The highest BCUT2D eigenvalue weighted by molar-refractivity contribution is 4.64. The van der Waals surface area contributed by atoms with E-state index in [9.17, 15) is 0 Å². The molecule has 0 fully saturated rings. The molecule has 3 heteroatoms. The van der Waals surface area contributed by atoms with Crippen LogP contribution in [0.4, 0.5) is 0 Å². The van der Waals surface area contributed by atoms with Crippen LogP contribution in [0.25, 0.3) is 0 Å². The Labute approximate surface area is 43.5 Å². The minimum absolute atomic E-state index is 0.00463. The van der Waals surface area contributed by atoms with Gasteiger partial charge >= 0.3 is 0 Å². The van der Waals surface area contributed by atoms with Crippen molar-refractivity contribution in [2.24, 2.45) is 5.73 Å². The van der Waals surface area contributed by atoms with Crippen LogP contribution in [0.3, 0.4) is 0 Å². The highest BCUT2D eigenvalue weighted by atomic mass is 16.5. The van der Waals surface area contributed by atoms with Gasteiger partial charge in [-0.3, -0.25) is 0 Å². The second-order valence-corrected chi connectivity index (χ2v) is 1.78. The van der Waals surface area contributed by atoms with Crippen LogP contribution in [-0.4, -0.2) is 17.3 Å². The molecule has 44 valence electrons. The van der Waals surface area contributed by atoms with Gasteiger partial charge in [-0.25, -0.2) is 5.48 Å². The van der Waals surface area contributed by atoms with E-state index in [1.165, 1.54) is 0 Å². The Morgan fingerprint density at radius 1 is 1.57 bits per heavy atom. The molecule has 7 heavy (non-hydrogen) atoms. The topological polar surface area (TPSA) is 58.3 Å². The molecule has 0 aliphatic rings. The largest absolute Gasteiger partial charge is 0.326 e. The van der Waals surface area contributed by atoms with E-state index in [1.54, 1.807) is 0 Å². The van der Waals surface area contributed by atoms with Gasteiger partial charge in [0, 0.05) is 12.1 Å². The first-order valence-corrected chi connectivity index (χ1v) is 2.33. The van der Waals surface area contributed by atoms with Gasteiger partial charge in [-0.05, 0) is 13.8 Å². The van der Waals surface area contributed by atoms with Crippen LogP contribution in [-0.2, 0) is 0 Å². The molecule has 0 aromatic heterocycles. The summed E-state index contributed by atoms with van der Waals surface area (Å²) < 4.78 is 0. The van der Waals surface area contributed by atoms with E-state index in [1.807, 2.05) is 19.3 Å². The summed E-state index contributed by atoms with van der Waals surface area (Å²) in [6.45, 7) is 3.64. The number of hydrogen-bond acceptors (Lipinski definition) is 3. The summed E-state index contributed by atoms with van der Waals surface area (Å²) in [6, 6.07) is -0.00926. The van der Waals surface area contributed by atoms with Crippen molar-refractivity contribution in [2.45, 2.75) is 25.9 Å². The van der Waals surface area contributed by atoms with Crippen LogP contribution in [0.2, 0.25) is 0 Å². The van der Waals surface area contributed by atoms with Crippen molar-refractivity contribution in [3.63, 3.8) is 0 Å². The van der Waals surface area contributed by atoms with Crippen molar-refractivity contribution in [3.8, 4) is 0 Å². The van der Waals surface area contributed by atoms with Crippen molar-refractivity contribution >= 4 is 0 Å². The van der Waals surface area contributed by atoms with Crippen LogP contribution in [0.1, 0.15) is 13.8 Å². The zero-order valence-corrected chi connectivity index (χ0v) is 4.68. The van der Waals surface area contributed by atoms with Gasteiger partial charge in [0.15, 0.2) is 0 Å². The lowest BCUT2D eigenvalue weighted by molar-refractivity contribution is 0.124. The summed E-state index contributed by atoms with van der Waals surface area (Å²) in [6.07, 6.45) is 0. The molecule has 0 amide bonds. The highest BCUT2D eigenvalue weighted by Gasteiger charge is 2.02. The van der Waals surface area contributed by atoms with Gasteiger partial charge in [0.2, 0.25) is 0 Å². The molecule has 2 unspecified atom stereocenters. The van der Waals surface area contributed by atoms with E-state index in [4.69, 9.17) is 10.9 Å². The zero-order chi connectivity index (χ0) is 5.86. The summed E-state index contributed by atoms with van der Waals surface area (Å²) in [5.41, 5.74) is 7.36. The number of nitrogens with two attached hydrogens (primary N) is 1.